The first kappa shape index (κ1) is 14.7. The van der Waals surface area contributed by atoms with E-state index in [1.807, 2.05) is 18.2 Å². The smallest absolute Gasteiger partial charge is 0.0561 e. The van der Waals surface area contributed by atoms with E-state index in [1.54, 1.807) is 0 Å². The second kappa shape index (κ2) is 6.71. The number of benzene rings is 2. The molecule has 0 heterocycles. The van der Waals surface area contributed by atoms with Crippen LogP contribution in [-0.2, 0) is 10.8 Å². The summed E-state index contributed by atoms with van der Waals surface area (Å²) < 4.78 is 12.8. The van der Waals surface area contributed by atoms with Gasteiger partial charge < -0.3 is 5.32 Å². The largest absolute Gasteiger partial charge is 0.314 e. The number of hydrogen-bond donors (Lipinski definition) is 1. The summed E-state index contributed by atoms with van der Waals surface area (Å²) in [5.41, 5.74) is 0. The molecular formula is C18H23NOS. The third kappa shape index (κ3) is 3.35. The molecule has 0 spiro atoms. The van der Waals surface area contributed by atoms with Crippen molar-refractivity contribution in [3.8, 4) is 0 Å². The molecule has 1 aliphatic rings. The lowest BCUT2D eigenvalue weighted by Crippen LogP contribution is -2.28. The third-order valence-electron chi connectivity index (χ3n) is 4.32. The molecule has 112 valence electrons. The fraction of sp³-hybridized carbons (Fsp3) is 0.444. The van der Waals surface area contributed by atoms with E-state index in [4.69, 9.17) is 0 Å². The zero-order valence-electron chi connectivity index (χ0n) is 12.5. The number of fused-ring (bicyclic) bond motifs is 1. The van der Waals surface area contributed by atoms with Gasteiger partial charge in [-0.15, -0.1) is 0 Å². The highest BCUT2D eigenvalue weighted by Crippen LogP contribution is 2.28. The van der Waals surface area contributed by atoms with Crippen LogP contribution in [0.4, 0.5) is 0 Å². The molecule has 2 aromatic rings. The maximum absolute atomic E-state index is 12.8. The third-order valence-corrected chi connectivity index (χ3v) is 6.08. The van der Waals surface area contributed by atoms with E-state index in [1.165, 1.54) is 10.8 Å². The molecule has 0 aliphatic heterocycles. The summed E-state index contributed by atoms with van der Waals surface area (Å²) in [5.74, 6) is 0. The molecule has 1 aliphatic carbocycles. The Balaban J connectivity index is 1.72. The van der Waals surface area contributed by atoms with Gasteiger partial charge in [0.15, 0.2) is 0 Å². The molecule has 21 heavy (non-hydrogen) atoms. The zero-order chi connectivity index (χ0) is 14.7. The summed E-state index contributed by atoms with van der Waals surface area (Å²) in [6.45, 7) is 3.26. The number of hydrogen-bond acceptors (Lipinski definition) is 2. The standard InChI is InChI=1S/C18H23NOS/c1-2-11-19-16-8-10-18(13-16)21(20)17-9-7-14-5-3-4-6-15(14)12-17/h3-7,9,12,16,18-19H,2,8,10-11,13H2,1H3. The highest BCUT2D eigenvalue weighted by Gasteiger charge is 2.29. The fourth-order valence-electron chi connectivity index (χ4n) is 3.15. The van der Waals surface area contributed by atoms with Crippen molar-refractivity contribution in [1.29, 1.82) is 0 Å². The number of nitrogens with one attached hydrogen (secondary N) is 1. The highest BCUT2D eigenvalue weighted by atomic mass is 32.2. The van der Waals surface area contributed by atoms with Crippen LogP contribution >= 0.6 is 0 Å². The molecule has 3 unspecified atom stereocenters. The van der Waals surface area contributed by atoms with Crippen LogP contribution in [0.25, 0.3) is 10.8 Å². The normalized spacial score (nSPS) is 23.5. The average molecular weight is 301 g/mol. The second-order valence-corrected chi connectivity index (χ2v) is 7.63. The SMILES string of the molecule is CCCNC1CCC(S(=O)c2ccc3ccccc3c2)C1. The van der Waals surface area contributed by atoms with Crippen LogP contribution in [0, 0.1) is 0 Å². The van der Waals surface area contributed by atoms with E-state index in [9.17, 15) is 4.21 Å². The summed E-state index contributed by atoms with van der Waals surface area (Å²) in [6, 6.07) is 15.0. The van der Waals surface area contributed by atoms with Gasteiger partial charge in [0, 0.05) is 16.2 Å². The molecule has 1 fully saturated rings. The van der Waals surface area contributed by atoms with E-state index >= 15 is 0 Å². The second-order valence-electron chi connectivity index (χ2n) is 5.89. The van der Waals surface area contributed by atoms with Gasteiger partial charge in [0.25, 0.3) is 0 Å². The Kier molecular flexibility index (Phi) is 4.71. The summed E-state index contributed by atoms with van der Waals surface area (Å²) in [5, 5.41) is 6.27. The van der Waals surface area contributed by atoms with Crippen LogP contribution in [-0.4, -0.2) is 22.0 Å². The van der Waals surface area contributed by atoms with Crippen molar-refractivity contribution in [3.05, 3.63) is 42.5 Å². The van der Waals surface area contributed by atoms with E-state index in [2.05, 4.69) is 36.5 Å². The van der Waals surface area contributed by atoms with Crippen LogP contribution in [0.2, 0.25) is 0 Å². The molecule has 3 atom stereocenters. The van der Waals surface area contributed by atoms with Gasteiger partial charge in [0.1, 0.15) is 0 Å². The zero-order valence-corrected chi connectivity index (χ0v) is 13.4. The van der Waals surface area contributed by atoms with Crippen molar-refractivity contribution in [3.63, 3.8) is 0 Å². The maximum Gasteiger partial charge on any atom is 0.0561 e. The molecular weight excluding hydrogens is 278 g/mol. The first-order valence-corrected chi connectivity index (χ1v) is 9.12. The van der Waals surface area contributed by atoms with Crippen molar-refractivity contribution >= 4 is 21.6 Å². The van der Waals surface area contributed by atoms with Gasteiger partial charge in [-0.2, -0.15) is 0 Å². The Morgan fingerprint density at radius 1 is 1.14 bits per heavy atom. The topological polar surface area (TPSA) is 29.1 Å². The van der Waals surface area contributed by atoms with Gasteiger partial charge in [-0.25, -0.2) is 0 Å². The van der Waals surface area contributed by atoms with Crippen LogP contribution in [0.1, 0.15) is 32.6 Å². The van der Waals surface area contributed by atoms with Gasteiger partial charge in [-0.05, 0) is 55.1 Å². The van der Waals surface area contributed by atoms with E-state index in [0.717, 1.165) is 37.1 Å². The molecule has 2 nitrogen and oxygen atoms in total. The van der Waals surface area contributed by atoms with Gasteiger partial charge in [-0.3, -0.25) is 4.21 Å². The fourth-order valence-corrected chi connectivity index (χ4v) is 4.74. The molecule has 2 aromatic carbocycles. The van der Waals surface area contributed by atoms with Crippen LogP contribution in [0.5, 0.6) is 0 Å². The van der Waals surface area contributed by atoms with Gasteiger partial charge in [-0.1, -0.05) is 37.3 Å². The Bertz CT molecular complexity index is 640. The minimum absolute atomic E-state index is 0.306. The Morgan fingerprint density at radius 3 is 2.76 bits per heavy atom. The molecule has 0 bridgehead atoms. The minimum atomic E-state index is -0.881. The maximum atomic E-state index is 12.8. The Hall–Kier alpha value is -1.19. The first-order valence-electron chi connectivity index (χ1n) is 7.90. The van der Waals surface area contributed by atoms with E-state index in [-0.39, 0.29) is 0 Å². The number of rotatable bonds is 5. The predicted octanol–water partition coefficient (Wildman–Crippen LogP) is 3.87. The molecule has 3 rings (SSSR count). The average Bonchev–Trinajstić information content (AvgIpc) is 3.00. The van der Waals surface area contributed by atoms with Gasteiger partial charge in [0.2, 0.25) is 0 Å². The molecule has 0 radical (unpaired) electrons. The highest BCUT2D eigenvalue weighted by molar-refractivity contribution is 7.85. The lowest BCUT2D eigenvalue weighted by molar-refractivity contribution is 0.523. The Morgan fingerprint density at radius 2 is 1.95 bits per heavy atom. The van der Waals surface area contributed by atoms with Crippen molar-refractivity contribution in [2.75, 3.05) is 6.54 Å². The summed E-state index contributed by atoms with van der Waals surface area (Å²) in [7, 11) is -0.881. The molecule has 0 amide bonds. The van der Waals surface area contributed by atoms with Crippen molar-refractivity contribution in [2.45, 2.75) is 48.8 Å². The predicted molar refractivity (Wildman–Crippen MR) is 90.1 cm³/mol. The first-order chi connectivity index (χ1) is 10.3. The Labute approximate surface area is 129 Å². The van der Waals surface area contributed by atoms with Crippen LogP contribution in [0.15, 0.2) is 47.4 Å². The van der Waals surface area contributed by atoms with Gasteiger partial charge in [0.05, 0.1) is 10.8 Å². The molecule has 0 saturated heterocycles. The van der Waals surface area contributed by atoms with Crippen molar-refractivity contribution in [2.24, 2.45) is 0 Å². The van der Waals surface area contributed by atoms with E-state index < -0.39 is 10.8 Å². The van der Waals surface area contributed by atoms with Crippen molar-refractivity contribution < 1.29 is 4.21 Å². The lowest BCUT2D eigenvalue weighted by atomic mass is 10.1. The van der Waals surface area contributed by atoms with E-state index in [0.29, 0.717) is 11.3 Å². The lowest BCUT2D eigenvalue weighted by Gasteiger charge is -2.13. The molecule has 3 heteroatoms. The minimum Gasteiger partial charge on any atom is -0.314 e. The quantitative estimate of drug-likeness (QED) is 0.908. The monoisotopic (exact) mass is 301 g/mol. The van der Waals surface area contributed by atoms with Crippen LogP contribution < -0.4 is 5.32 Å². The molecule has 1 saturated carbocycles. The van der Waals surface area contributed by atoms with Crippen LogP contribution in [0.3, 0.4) is 0 Å². The summed E-state index contributed by atoms with van der Waals surface area (Å²) in [6.07, 6.45) is 4.43. The van der Waals surface area contributed by atoms with Gasteiger partial charge >= 0.3 is 0 Å². The summed E-state index contributed by atoms with van der Waals surface area (Å²) in [4.78, 5) is 0.981. The molecule has 1 N–H and O–H groups in total. The molecule has 0 aromatic heterocycles. The van der Waals surface area contributed by atoms with Crippen molar-refractivity contribution in [1.82, 2.24) is 5.32 Å². The summed E-state index contributed by atoms with van der Waals surface area (Å²) >= 11 is 0.